The molecule has 1 unspecified atom stereocenters. The van der Waals surface area contributed by atoms with Gasteiger partial charge in [-0.3, -0.25) is 4.90 Å². The number of nitrogens with zero attached hydrogens (tertiary/aromatic N) is 2. The highest BCUT2D eigenvalue weighted by molar-refractivity contribution is 14.0. The second kappa shape index (κ2) is 14.0. The quantitative estimate of drug-likeness (QED) is 0.192. The van der Waals surface area contributed by atoms with Crippen LogP contribution in [0.3, 0.4) is 0 Å². The molecular weight excluding hydrogens is 479 g/mol. The van der Waals surface area contributed by atoms with Gasteiger partial charge in [0.05, 0.1) is 13.2 Å². The maximum absolute atomic E-state index is 5.93. The zero-order valence-electron chi connectivity index (χ0n) is 18.7. The number of likely N-dealkylation sites (N-methyl/N-ethyl adjacent to an activating group) is 1. The Kier molecular flexibility index (Phi) is 12.6. The molecule has 1 aliphatic carbocycles. The van der Waals surface area contributed by atoms with Crippen LogP contribution >= 0.6 is 24.0 Å². The monoisotopic (exact) mass is 518 g/mol. The van der Waals surface area contributed by atoms with Gasteiger partial charge in [0.25, 0.3) is 0 Å². The fourth-order valence-electron chi connectivity index (χ4n) is 3.02. The zero-order valence-corrected chi connectivity index (χ0v) is 21.0. The third kappa shape index (κ3) is 9.53. The number of nitrogens with one attached hydrogen (secondary N) is 2. The van der Waals surface area contributed by atoms with Gasteiger partial charge in [0.2, 0.25) is 0 Å². The van der Waals surface area contributed by atoms with Gasteiger partial charge in [-0.1, -0.05) is 12.1 Å². The lowest BCUT2D eigenvalue weighted by molar-refractivity contribution is 0.110. The van der Waals surface area contributed by atoms with Crippen LogP contribution in [0.25, 0.3) is 0 Å². The molecule has 2 rings (SSSR count). The Morgan fingerprint density at radius 2 is 2.00 bits per heavy atom. The van der Waals surface area contributed by atoms with Gasteiger partial charge in [-0.05, 0) is 59.2 Å². The maximum atomic E-state index is 5.93. The van der Waals surface area contributed by atoms with E-state index in [1.807, 2.05) is 6.92 Å². The Labute approximate surface area is 193 Å². The molecule has 1 aliphatic rings. The highest BCUT2D eigenvalue weighted by Gasteiger charge is 2.28. The molecule has 166 valence electrons. The average molecular weight is 518 g/mol. The van der Waals surface area contributed by atoms with Crippen molar-refractivity contribution >= 4 is 29.9 Å². The number of halogens is 1. The number of benzene rings is 1. The normalized spacial score (nSPS) is 15.0. The minimum atomic E-state index is 0. The summed E-state index contributed by atoms with van der Waals surface area (Å²) in [6, 6.07) is 7.52. The molecule has 7 heteroatoms. The lowest BCUT2D eigenvalue weighted by atomic mass is 10.1. The molecule has 0 aliphatic heterocycles. The number of guanidine groups is 1. The van der Waals surface area contributed by atoms with Crippen LogP contribution in [-0.2, 0) is 11.3 Å². The standard InChI is InChI=1S/C22H38N4O2.HI/c1-6-23-22(24-15-18(4)26(5)20-10-11-20)25-16-19-9-8-17(3)14-21(19)28-13-12-27-7-2;/h8-9,14,18,20H,6-7,10-13,15-16H2,1-5H3,(H2,23,24,25);1H. The zero-order chi connectivity index (χ0) is 20.4. The molecule has 0 radical (unpaired) electrons. The van der Waals surface area contributed by atoms with Crippen LogP contribution in [0.4, 0.5) is 0 Å². The first kappa shape index (κ1) is 26.0. The van der Waals surface area contributed by atoms with E-state index in [0.717, 1.165) is 36.4 Å². The minimum Gasteiger partial charge on any atom is -0.491 e. The maximum Gasteiger partial charge on any atom is 0.191 e. The number of hydrogen-bond donors (Lipinski definition) is 2. The Morgan fingerprint density at radius 1 is 1.24 bits per heavy atom. The molecule has 29 heavy (non-hydrogen) atoms. The lowest BCUT2D eigenvalue weighted by Gasteiger charge is -2.25. The highest BCUT2D eigenvalue weighted by atomic mass is 127. The molecule has 0 bridgehead atoms. The molecule has 0 aromatic heterocycles. The molecule has 0 saturated heterocycles. The molecule has 2 N–H and O–H groups in total. The van der Waals surface area contributed by atoms with E-state index in [9.17, 15) is 0 Å². The Balaban J connectivity index is 0.00000420. The number of aliphatic imine (C=N–C) groups is 1. The largest absolute Gasteiger partial charge is 0.491 e. The molecular formula is C22H39IN4O2. The van der Waals surface area contributed by atoms with E-state index in [1.165, 1.54) is 18.4 Å². The van der Waals surface area contributed by atoms with Gasteiger partial charge in [-0.2, -0.15) is 0 Å². The van der Waals surface area contributed by atoms with Gasteiger partial charge in [-0.25, -0.2) is 4.99 Å². The summed E-state index contributed by atoms with van der Waals surface area (Å²) in [6.45, 7) is 12.6. The van der Waals surface area contributed by atoms with Crippen molar-refractivity contribution in [1.29, 1.82) is 0 Å². The Morgan fingerprint density at radius 3 is 2.66 bits per heavy atom. The topological polar surface area (TPSA) is 58.1 Å². The van der Waals surface area contributed by atoms with Gasteiger partial charge in [0.1, 0.15) is 12.4 Å². The van der Waals surface area contributed by atoms with Crippen LogP contribution in [-0.4, -0.2) is 62.9 Å². The van der Waals surface area contributed by atoms with Gasteiger partial charge in [0.15, 0.2) is 5.96 Å². The summed E-state index contributed by atoms with van der Waals surface area (Å²) in [5.41, 5.74) is 2.27. The second-order valence-corrected chi connectivity index (χ2v) is 7.48. The van der Waals surface area contributed by atoms with E-state index in [2.05, 4.69) is 61.6 Å². The fraction of sp³-hybridized carbons (Fsp3) is 0.682. The molecule has 1 aromatic rings. The first-order chi connectivity index (χ1) is 13.5. The molecule has 0 heterocycles. The van der Waals surface area contributed by atoms with E-state index in [1.54, 1.807) is 0 Å². The number of rotatable bonds is 12. The number of aryl methyl sites for hydroxylation is 1. The number of ether oxygens (including phenoxy) is 2. The summed E-state index contributed by atoms with van der Waals surface area (Å²) in [7, 11) is 2.21. The molecule has 0 amide bonds. The summed E-state index contributed by atoms with van der Waals surface area (Å²) in [5, 5.41) is 6.82. The molecule has 1 atom stereocenters. The second-order valence-electron chi connectivity index (χ2n) is 7.48. The van der Waals surface area contributed by atoms with Crippen molar-refractivity contribution in [3.63, 3.8) is 0 Å². The van der Waals surface area contributed by atoms with Crippen LogP contribution in [0.5, 0.6) is 5.75 Å². The van der Waals surface area contributed by atoms with E-state index in [-0.39, 0.29) is 24.0 Å². The third-order valence-corrected chi connectivity index (χ3v) is 5.05. The number of hydrogen-bond acceptors (Lipinski definition) is 4. The van der Waals surface area contributed by atoms with Crippen molar-refractivity contribution in [2.75, 3.05) is 40.0 Å². The summed E-state index contributed by atoms with van der Waals surface area (Å²) >= 11 is 0. The summed E-state index contributed by atoms with van der Waals surface area (Å²) in [6.07, 6.45) is 2.66. The first-order valence-electron chi connectivity index (χ1n) is 10.6. The first-order valence-corrected chi connectivity index (χ1v) is 10.6. The minimum absolute atomic E-state index is 0. The van der Waals surface area contributed by atoms with Gasteiger partial charge >= 0.3 is 0 Å². The average Bonchev–Trinajstić information content (AvgIpc) is 3.53. The lowest BCUT2D eigenvalue weighted by Crippen LogP contribution is -2.45. The Bertz CT molecular complexity index is 623. The van der Waals surface area contributed by atoms with E-state index in [4.69, 9.17) is 14.5 Å². The summed E-state index contributed by atoms with van der Waals surface area (Å²) in [5.74, 6) is 1.74. The SMILES string of the molecule is CCNC(=NCc1ccc(C)cc1OCCOCC)NCC(C)N(C)C1CC1.I. The van der Waals surface area contributed by atoms with Gasteiger partial charge in [0, 0.05) is 37.3 Å². The van der Waals surface area contributed by atoms with Crippen LogP contribution in [0.2, 0.25) is 0 Å². The highest BCUT2D eigenvalue weighted by Crippen LogP contribution is 2.26. The molecule has 6 nitrogen and oxygen atoms in total. The van der Waals surface area contributed by atoms with Crippen molar-refractivity contribution < 1.29 is 9.47 Å². The van der Waals surface area contributed by atoms with E-state index in [0.29, 0.717) is 32.4 Å². The molecule has 1 aromatic carbocycles. The molecule has 1 fully saturated rings. The smallest absolute Gasteiger partial charge is 0.191 e. The third-order valence-electron chi connectivity index (χ3n) is 5.05. The molecule has 1 saturated carbocycles. The van der Waals surface area contributed by atoms with Crippen LogP contribution < -0.4 is 15.4 Å². The summed E-state index contributed by atoms with van der Waals surface area (Å²) < 4.78 is 11.3. The predicted molar refractivity (Wildman–Crippen MR) is 132 cm³/mol. The molecule has 0 spiro atoms. The predicted octanol–water partition coefficient (Wildman–Crippen LogP) is 3.57. The fourth-order valence-corrected chi connectivity index (χ4v) is 3.02. The van der Waals surface area contributed by atoms with Crippen molar-refractivity contribution in [1.82, 2.24) is 15.5 Å². The Hall–Kier alpha value is -1.06. The van der Waals surface area contributed by atoms with Gasteiger partial charge < -0.3 is 20.1 Å². The van der Waals surface area contributed by atoms with Gasteiger partial charge in [-0.15, -0.1) is 24.0 Å². The van der Waals surface area contributed by atoms with E-state index < -0.39 is 0 Å². The summed E-state index contributed by atoms with van der Waals surface area (Å²) in [4.78, 5) is 7.23. The van der Waals surface area contributed by atoms with Crippen molar-refractivity contribution in [3.8, 4) is 5.75 Å². The van der Waals surface area contributed by atoms with Crippen LogP contribution in [0.1, 0.15) is 44.7 Å². The van der Waals surface area contributed by atoms with Crippen molar-refractivity contribution in [2.24, 2.45) is 4.99 Å². The van der Waals surface area contributed by atoms with Crippen molar-refractivity contribution in [3.05, 3.63) is 29.3 Å². The van der Waals surface area contributed by atoms with E-state index >= 15 is 0 Å². The van der Waals surface area contributed by atoms with Crippen molar-refractivity contribution in [2.45, 2.75) is 59.2 Å². The van der Waals surface area contributed by atoms with Crippen LogP contribution in [0.15, 0.2) is 23.2 Å². The van der Waals surface area contributed by atoms with Crippen LogP contribution in [0, 0.1) is 6.92 Å².